The van der Waals surface area contributed by atoms with Gasteiger partial charge in [0.2, 0.25) is 11.8 Å². The number of likely N-dealkylation sites (tertiary alicyclic amines) is 1. The quantitative estimate of drug-likeness (QED) is 0.139. The molecule has 0 bridgehead atoms. The SMILES string of the molecule is COc1cc(C(=O)NC2CCCC2)ccc1Oc1nc(Nc2ccc(OCC3CCCN(C)C3)c(F)c2)ncc1C(=O)Nc1c(C)cccc1C. The summed E-state index contributed by atoms with van der Waals surface area (Å²) in [5.74, 6) is -0.178. The van der Waals surface area contributed by atoms with E-state index in [0.717, 1.165) is 62.7 Å². The molecule has 2 aliphatic rings. The monoisotopic (exact) mass is 696 g/mol. The number of ether oxygens (including phenoxy) is 3. The number of methoxy groups -OCH3 is 1. The molecule has 1 aliphatic heterocycles. The number of anilines is 3. The zero-order valence-corrected chi connectivity index (χ0v) is 29.6. The van der Waals surface area contributed by atoms with Gasteiger partial charge in [0, 0.05) is 47.7 Å². The third kappa shape index (κ3) is 8.93. The van der Waals surface area contributed by atoms with E-state index in [1.807, 2.05) is 32.0 Å². The van der Waals surface area contributed by atoms with Crippen LogP contribution in [0.1, 0.15) is 70.4 Å². The van der Waals surface area contributed by atoms with Crippen LogP contribution in [-0.2, 0) is 0 Å². The maximum absolute atomic E-state index is 15.1. The van der Waals surface area contributed by atoms with E-state index in [4.69, 9.17) is 14.2 Å². The van der Waals surface area contributed by atoms with Gasteiger partial charge in [-0.3, -0.25) is 9.59 Å². The number of piperidine rings is 1. The lowest BCUT2D eigenvalue weighted by atomic mass is 10.00. The second-order valence-electron chi connectivity index (χ2n) is 13.4. The van der Waals surface area contributed by atoms with E-state index in [9.17, 15) is 9.59 Å². The lowest BCUT2D eigenvalue weighted by molar-refractivity contribution is 0.0936. The summed E-state index contributed by atoms with van der Waals surface area (Å²) in [5, 5.41) is 9.05. The summed E-state index contributed by atoms with van der Waals surface area (Å²) in [6.45, 7) is 6.25. The molecule has 12 heteroatoms. The second-order valence-corrected chi connectivity index (χ2v) is 13.4. The highest BCUT2D eigenvalue weighted by atomic mass is 19.1. The van der Waals surface area contributed by atoms with Crippen LogP contribution in [0.2, 0.25) is 0 Å². The van der Waals surface area contributed by atoms with Gasteiger partial charge in [0.1, 0.15) is 5.56 Å². The van der Waals surface area contributed by atoms with Gasteiger partial charge in [-0.15, -0.1) is 0 Å². The van der Waals surface area contributed by atoms with Gasteiger partial charge in [0.25, 0.3) is 11.8 Å². The van der Waals surface area contributed by atoms with Crippen LogP contribution in [0.4, 0.5) is 21.7 Å². The molecule has 1 aliphatic carbocycles. The van der Waals surface area contributed by atoms with Gasteiger partial charge >= 0.3 is 0 Å². The standard InChI is InChI=1S/C39H45FN6O5/c1-24-9-7-10-25(2)35(24)44-37(48)30-21-41-39(43-29-15-17-32(31(40)20-29)50-23-26-11-8-18-46(3)22-26)45-38(30)51-33-16-14-27(19-34(33)49-4)36(47)42-28-12-5-6-13-28/h7,9-10,14-17,19-21,26,28H,5-6,8,11-13,18,22-23H2,1-4H3,(H,42,47)(H,44,48)(H,41,43,45). The fraction of sp³-hybridized carbons (Fsp3) is 0.385. The number of amides is 2. The zero-order valence-electron chi connectivity index (χ0n) is 29.6. The third-order valence-corrected chi connectivity index (χ3v) is 9.43. The molecule has 0 spiro atoms. The number of aromatic nitrogens is 2. The molecule has 2 fully saturated rings. The van der Waals surface area contributed by atoms with Gasteiger partial charge in [-0.05, 0) is 94.6 Å². The zero-order chi connectivity index (χ0) is 35.9. The van der Waals surface area contributed by atoms with Gasteiger partial charge in [-0.2, -0.15) is 4.98 Å². The molecule has 11 nitrogen and oxygen atoms in total. The summed E-state index contributed by atoms with van der Waals surface area (Å²) >= 11 is 0. The predicted octanol–water partition coefficient (Wildman–Crippen LogP) is 7.42. The van der Waals surface area contributed by atoms with E-state index in [2.05, 4.69) is 37.9 Å². The van der Waals surface area contributed by atoms with E-state index in [0.29, 0.717) is 29.5 Å². The van der Waals surface area contributed by atoms with Gasteiger partial charge in [0.05, 0.1) is 13.7 Å². The first-order valence-electron chi connectivity index (χ1n) is 17.5. The molecule has 1 saturated heterocycles. The molecular weight excluding hydrogens is 651 g/mol. The van der Waals surface area contributed by atoms with Gasteiger partial charge in [-0.1, -0.05) is 31.0 Å². The van der Waals surface area contributed by atoms with Crippen LogP contribution in [-0.4, -0.2) is 66.6 Å². The van der Waals surface area contributed by atoms with E-state index < -0.39 is 11.7 Å². The van der Waals surface area contributed by atoms with Gasteiger partial charge in [0.15, 0.2) is 23.1 Å². The largest absolute Gasteiger partial charge is 0.493 e. The van der Waals surface area contributed by atoms with Crippen LogP contribution in [0.15, 0.2) is 60.8 Å². The Hall–Kier alpha value is -5.23. The summed E-state index contributed by atoms with van der Waals surface area (Å²) in [6.07, 6.45) is 7.63. The molecule has 2 heterocycles. The second kappa shape index (κ2) is 16.2. The highest BCUT2D eigenvalue weighted by Gasteiger charge is 2.23. The molecule has 1 unspecified atom stereocenters. The Balaban J connectivity index is 1.24. The molecule has 1 saturated carbocycles. The first-order chi connectivity index (χ1) is 24.7. The minimum atomic E-state index is -0.521. The summed E-state index contributed by atoms with van der Waals surface area (Å²) in [7, 11) is 3.55. The smallest absolute Gasteiger partial charge is 0.262 e. The number of halogens is 1. The molecule has 3 aromatic carbocycles. The molecule has 1 atom stereocenters. The molecule has 3 N–H and O–H groups in total. The van der Waals surface area contributed by atoms with Gasteiger partial charge < -0.3 is 35.1 Å². The first kappa shape index (κ1) is 35.6. The molecule has 2 amide bonds. The fourth-order valence-electron chi connectivity index (χ4n) is 6.63. The van der Waals surface area contributed by atoms with Gasteiger partial charge in [-0.25, -0.2) is 9.37 Å². The third-order valence-electron chi connectivity index (χ3n) is 9.43. The van der Waals surface area contributed by atoms with Crippen LogP contribution in [0.3, 0.4) is 0 Å². The predicted molar refractivity (Wildman–Crippen MR) is 194 cm³/mol. The Bertz CT molecular complexity index is 1860. The van der Waals surface area contributed by atoms with Crippen molar-refractivity contribution in [3.63, 3.8) is 0 Å². The fourth-order valence-corrected chi connectivity index (χ4v) is 6.63. The van der Waals surface area contributed by atoms with E-state index in [-0.39, 0.29) is 46.6 Å². The van der Waals surface area contributed by atoms with Crippen molar-refractivity contribution in [1.29, 1.82) is 0 Å². The van der Waals surface area contributed by atoms with E-state index >= 15 is 4.39 Å². The van der Waals surface area contributed by atoms with Crippen molar-refractivity contribution >= 4 is 29.1 Å². The van der Waals surface area contributed by atoms with Crippen LogP contribution in [0.25, 0.3) is 0 Å². The number of nitrogens with one attached hydrogen (secondary N) is 3. The number of hydrogen-bond acceptors (Lipinski definition) is 9. The number of aryl methyl sites for hydroxylation is 2. The number of carbonyl (C=O) groups excluding carboxylic acids is 2. The van der Waals surface area contributed by atoms with Crippen molar-refractivity contribution < 1.29 is 28.2 Å². The van der Waals surface area contributed by atoms with E-state index in [1.165, 1.54) is 19.4 Å². The highest BCUT2D eigenvalue weighted by Crippen LogP contribution is 2.35. The summed E-state index contributed by atoms with van der Waals surface area (Å²) in [4.78, 5) is 37.8. The Morgan fingerprint density at radius 3 is 2.43 bits per heavy atom. The maximum Gasteiger partial charge on any atom is 0.262 e. The van der Waals surface area contributed by atoms with Crippen LogP contribution < -0.4 is 30.2 Å². The Morgan fingerprint density at radius 1 is 0.941 bits per heavy atom. The average molecular weight is 697 g/mol. The average Bonchev–Trinajstić information content (AvgIpc) is 3.63. The Labute approximate surface area is 297 Å². The first-order valence-corrected chi connectivity index (χ1v) is 17.5. The molecule has 0 radical (unpaired) electrons. The van der Waals surface area contributed by atoms with Crippen LogP contribution in [0, 0.1) is 25.6 Å². The van der Waals surface area contributed by atoms with Crippen molar-refractivity contribution in [2.75, 3.05) is 44.5 Å². The van der Waals surface area contributed by atoms with Crippen LogP contribution in [0.5, 0.6) is 23.1 Å². The Kier molecular flexibility index (Phi) is 11.3. The minimum absolute atomic E-state index is 0.0524. The van der Waals surface area contributed by atoms with Crippen LogP contribution >= 0.6 is 0 Å². The lowest BCUT2D eigenvalue weighted by Crippen LogP contribution is -2.34. The number of carbonyl (C=O) groups is 2. The normalized spacial score (nSPS) is 16.4. The number of benzene rings is 3. The number of nitrogens with zero attached hydrogens (tertiary/aromatic N) is 3. The van der Waals surface area contributed by atoms with Crippen molar-refractivity contribution in [2.24, 2.45) is 5.92 Å². The number of hydrogen-bond donors (Lipinski definition) is 3. The molecule has 4 aromatic rings. The number of rotatable bonds is 12. The molecule has 51 heavy (non-hydrogen) atoms. The molecule has 1 aromatic heterocycles. The number of para-hydroxylation sites is 1. The van der Waals surface area contributed by atoms with Crippen molar-refractivity contribution in [2.45, 2.75) is 58.4 Å². The van der Waals surface area contributed by atoms with Crippen molar-refractivity contribution in [1.82, 2.24) is 20.2 Å². The van der Waals surface area contributed by atoms with E-state index in [1.54, 1.807) is 30.3 Å². The lowest BCUT2D eigenvalue weighted by Gasteiger charge is -2.29. The summed E-state index contributed by atoms with van der Waals surface area (Å²) in [6, 6.07) is 15.3. The van der Waals surface area contributed by atoms with Crippen molar-refractivity contribution in [3.05, 3.63) is 88.9 Å². The molecule has 6 rings (SSSR count). The topological polar surface area (TPSA) is 127 Å². The minimum Gasteiger partial charge on any atom is -0.493 e. The summed E-state index contributed by atoms with van der Waals surface area (Å²) < 4.78 is 32.8. The maximum atomic E-state index is 15.1. The summed E-state index contributed by atoms with van der Waals surface area (Å²) in [5.41, 5.74) is 3.30. The molecule has 268 valence electrons. The highest BCUT2D eigenvalue weighted by molar-refractivity contribution is 6.06. The Morgan fingerprint density at radius 2 is 1.71 bits per heavy atom. The molecular formula is C39H45FN6O5. The van der Waals surface area contributed by atoms with Crippen molar-refractivity contribution in [3.8, 4) is 23.1 Å².